The van der Waals surface area contributed by atoms with Crippen molar-refractivity contribution >= 4 is 5.91 Å². The molecule has 1 amide bonds. The zero-order valence-corrected chi connectivity index (χ0v) is 13.2. The van der Waals surface area contributed by atoms with Crippen LogP contribution in [0, 0.1) is 10.8 Å². The van der Waals surface area contributed by atoms with E-state index in [0.29, 0.717) is 13.2 Å². The van der Waals surface area contributed by atoms with E-state index in [-0.39, 0.29) is 22.8 Å². The highest BCUT2D eigenvalue weighted by molar-refractivity contribution is 5.81. The maximum absolute atomic E-state index is 12.1. The molecule has 0 saturated heterocycles. The van der Waals surface area contributed by atoms with Gasteiger partial charge in [0.15, 0.2) is 0 Å². The molecule has 3 nitrogen and oxygen atoms in total. The van der Waals surface area contributed by atoms with Crippen LogP contribution in [0.2, 0.25) is 0 Å². The second-order valence-corrected chi connectivity index (χ2v) is 6.75. The summed E-state index contributed by atoms with van der Waals surface area (Å²) in [5.74, 6) is 0.122. The molecule has 1 N–H and O–H groups in total. The zero-order chi connectivity index (χ0) is 14.4. The van der Waals surface area contributed by atoms with Gasteiger partial charge in [-0.2, -0.15) is 0 Å². The standard InChI is InChI=1S/C15H31NO2/c1-8-14(4,5)11-15(6,7)13(17)16-9-10-18-12(2)3/h12H,8-11H2,1-7H3,(H,16,17). The Balaban J connectivity index is 4.14. The third-order valence-electron chi connectivity index (χ3n) is 3.33. The first-order valence-electron chi connectivity index (χ1n) is 7.00. The number of rotatable bonds is 8. The molecule has 18 heavy (non-hydrogen) atoms. The molecule has 0 rings (SSSR count). The molecule has 0 aliphatic carbocycles. The monoisotopic (exact) mass is 257 g/mol. The topological polar surface area (TPSA) is 38.3 Å². The molecular weight excluding hydrogens is 226 g/mol. The lowest BCUT2D eigenvalue weighted by Gasteiger charge is -2.33. The minimum atomic E-state index is -0.322. The van der Waals surface area contributed by atoms with Crippen LogP contribution in [0.5, 0.6) is 0 Å². The molecule has 0 spiro atoms. The van der Waals surface area contributed by atoms with E-state index >= 15 is 0 Å². The lowest BCUT2D eigenvalue weighted by molar-refractivity contribution is -0.131. The second-order valence-electron chi connectivity index (χ2n) is 6.75. The number of hydrogen-bond donors (Lipinski definition) is 1. The molecule has 0 aliphatic heterocycles. The maximum atomic E-state index is 12.1. The van der Waals surface area contributed by atoms with E-state index in [9.17, 15) is 4.79 Å². The average Bonchev–Trinajstić information content (AvgIpc) is 2.22. The lowest BCUT2D eigenvalue weighted by atomic mass is 9.73. The van der Waals surface area contributed by atoms with Crippen molar-refractivity contribution in [2.45, 2.75) is 67.4 Å². The largest absolute Gasteiger partial charge is 0.377 e. The summed E-state index contributed by atoms with van der Waals surface area (Å²) in [6, 6.07) is 0. The first-order valence-corrected chi connectivity index (χ1v) is 7.00. The molecule has 0 fully saturated rings. The summed E-state index contributed by atoms with van der Waals surface area (Å²) in [5, 5.41) is 2.96. The van der Waals surface area contributed by atoms with Crippen molar-refractivity contribution in [2.24, 2.45) is 10.8 Å². The average molecular weight is 257 g/mol. The van der Waals surface area contributed by atoms with Gasteiger partial charge in [-0.1, -0.05) is 41.0 Å². The van der Waals surface area contributed by atoms with Crippen molar-refractivity contribution in [1.82, 2.24) is 5.32 Å². The number of carbonyl (C=O) groups excluding carboxylic acids is 1. The van der Waals surface area contributed by atoms with Crippen LogP contribution in [0.3, 0.4) is 0 Å². The van der Waals surface area contributed by atoms with Crippen molar-refractivity contribution in [2.75, 3.05) is 13.2 Å². The van der Waals surface area contributed by atoms with Crippen LogP contribution in [0.15, 0.2) is 0 Å². The van der Waals surface area contributed by atoms with Crippen LogP contribution in [-0.4, -0.2) is 25.2 Å². The van der Waals surface area contributed by atoms with Gasteiger partial charge >= 0.3 is 0 Å². The minimum Gasteiger partial charge on any atom is -0.377 e. The number of ether oxygens (including phenoxy) is 1. The van der Waals surface area contributed by atoms with E-state index in [0.717, 1.165) is 12.8 Å². The van der Waals surface area contributed by atoms with E-state index in [2.05, 4.69) is 26.1 Å². The second kappa shape index (κ2) is 7.13. The Morgan fingerprint density at radius 1 is 1.22 bits per heavy atom. The SMILES string of the molecule is CCC(C)(C)CC(C)(C)C(=O)NCCOC(C)C. The number of nitrogens with one attached hydrogen (secondary N) is 1. The van der Waals surface area contributed by atoms with Crippen molar-refractivity contribution in [3.63, 3.8) is 0 Å². The molecule has 0 heterocycles. The molecule has 0 aromatic rings. The summed E-state index contributed by atoms with van der Waals surface area (Å²) in [5.41, 5.74) is -0.118. The summed E-state index contributed by atoms with van der Waals surface area (Å²) in [6.45, 7) is 15.8. The van der Waals surface area contributed by atoms with Gasteiger partial charge in [-0.3, -0.25) is 4.79 Å². The quantitative estimate of drug-likeness (QED) is 0.677. The molecule has 3 heteroatoms. The van der Waals surface area contributed by atoms with E-state index in [4.69, 9.17) is 4.74 Å². The zero-order valence-electron chi connectivity index (χ0n) is 13.2. The van der Waals surface area contributed by atoms with Gasteiger partial charge in [0.25, 0.3) is 0 Å². The van der Waals surface area contributed by atoms with Gasteiger partial charge in [-0.25, -0.2) is 0 Å². The van der Waals surface area contributed by atoms with Gasteiger partial charge < -0.3 is 10.1 Å². The van der Waals surface area contributed by atoms with Gasteiger partial charge in [0, 0.05) is 12.0 Å². The molecule has 0 radical (unpaired) electrons. The van der Waals surface area contributed by atoms with E-state index < -0.39 is 0 Å². The van der Waals surface area contributed by atoms with Crippen LogP contribution < -0.4 is 5.32 Å². The highest BCUT2D eigenvalue weighted by Gasteiger charge is 2.33. The highest BCUT2D eigenvalue weighted by Crippen LogP contribution is 2.35. The number of amides is 1. The molecule has 0 aliphatic rings. The third kappa shape index (κ3) is 7.00. The molecule has 0 aromatic carbocycles. The van der Waals surface area contributed by atoms with Crippen molar-refractivity contribution in [3.05, 3.63) is 0 Å². The van der Waals surface area contributed by atoms with E-state index in [1.54, 1.807) is 0 Å². The summed E-state index contributed by atoms with van der Waals surface area (Å²) in [4.78, 5) is 12.1. The third-order valence-corrected chi connectivity index (χ3v) is 3.33. The maximum Gasteiger partial charge on any atom is 0.225 e. The van der Waals surface area contributed by atoms with E-state index in [1.807, 2.05) is 27.7 Å². The Hall–Kier alpha value is -0.570. The molecular formula is C15H31NO2. The van der Waals surface area contributed by atoms with Crippen molar-refractivity contribution in [3.8, 4) is 0 Å². The smallest absolute Gasteiger partial charge is 0.225 e. The fourth-order valence-electron chi connectivity index (χ4n) is 2.10. The molecule has 0 saturated carbocycles. The predicted octanol–water partition coefficient (Wildman–Crippen LogP) is 3.38. The first-order chi connectivity index (χ1) is 8.10. The Morgan fingerprint density at radius 2 is 1.78 bits per heavy atom. The number of hydrogen-bond acceptors (Lipinski definition) is 2. The van der Waals surface area contributed by atoms with Gasteiger partial charge in [-0.15, -0.1) is 0 Å². The Kier molecular flexibility index (Phi) is 6.90. The number of carbonyl (C=O) groups is 1. The Morgan fingerprint density at radius 3 is 2.22 bits per heavy atom. The van der Waals surface area contributed by atoms with Gasteiger partial charge in [0.1, 0.15) is 0 Å². The summed E-state index contributed by atoms with van der Waals surface area (Å²) in [6.07, 6.45) is 2.20. The van der Waals surface area contributed by atoms with Crippen LogP contribution in [0.1, 0.15) is 61.3 Å². The fraction of sp³-hybridized carbons (Fsp3) is 0.933. The molecule has 0 atom stereocenters. The van der Waals surface area contributed by atoms with Crippen LogP contribution in [-0.2, 0) is 9.53 Å². The molecule has 108 valence electrons. The Bertz CT molecular complexity index is 257. The first kappa shape index (κ1) is 17.4. The summed E-state index contributed by atoms with van der Waals surface area (Å²) < 4.78 is 5.41. The van der Waals surface area contributed by atoms with Gasteiger partial charge in [0.05, 0.1) is 12.7 Å². The van der Waals surface area contributed by atoms with Gasteiger partial charge in [-0.05, 0) is 25.7 Å². The lowest BCUT2D eigenvalue weighted by Crippen LogP contribution is -2.41. The Labute approximate surface area is 113 Å². The van der Waals surface area contributed by atoms with Crippen LogP contribution in [0.25, 0.3) is 0 Å². The summed E-state index contributed by atoms with van der Waals surface area (Å²) >= 11 is 0. The predicted molar refractivity (Wildman–Crippen MR) is 76.6 cm³/mol. The molecule has 0 aromatic heterocycles. The van der Waals surface area contributed by atoms with Crippen molar-refractivity contribution < 1.29 is 9.53 Å². The molecule has 0 unspecified atom stereocenters. The normalized spacial score (nSPS) is 12.9. The van der Waals surface area contributed by atoms with E-state index in [1.165, 1.54) is 0 Å². The fourth-order valence-corrected chi connectivity index (χ4v) is 2.10. The van der Waals surface area contributed by atoms with Gasteiger partial charge in [0.2, 0.25) is 5.91 Å². The molecule has 0 bridgehead atoms. The van der Waals surface area contributed by atoms with Crippen LogP contribution >= 0.6 is 0 Å². The highest BCUT2D eigenvalue weighted by atomic mass is 16.5. The van der Waals surface area contributed by atoms with Crippen molar-refractivity contribution in [1.29, 1.82) is 0 Å². The van der Waals surface area contributed by atoms with Crippen LogP contribution in [0.4, 0.5) is 0 Å². The minimum absolute atomic E-state index is 0.122. The summed E-state index contributed by atoms with van der Waals surface area (Å²) in [7, 11) is 0.